The van der Waals surface area contributed by atoms with Crippen LogP contribution in [0.3, 0.4) is 0 Å². The average molecular weight is 392 g/mol. The van der Waals surface area contributed by atoms with E-state index in [1.54, 1.807) is 6.07 Å². The molecule has 2 aromatic heterocycles. The number of carbonyl (C=O) groups is 1. The lowest BCUT2D eigenvalue weighted by molar-refractivity contribution is 0.0955. The molecule has 0 aliphatic carbocycles. The van der Waals surface area contributed by atoms with E-state index in [-0.39, 0.29) is 19.0 Å². The number of H-pyrrole nitrogens is 1. The van der Waals surface area contributed by atoms with Gasteiger partial charge < -0.3 is 10.3 Å². The first-order chi connectivity index (χ1) is 12.4. The summed E-state index contributed by atoms with van der Waals surface area (Å²) in [6.07, 6.45) is 3.73. The van der Waals surface area contributed by atoms with Gasteiger partial charge in [-0.1, -0.05) is 24.3 Å². The number of aromatic amines is 1. The van der Waals surface area contributed by atoms with Crippen LogP contribution in [0.5, 0.6) is 0 Å². The zero-order valence-electron chi connectivity index (χ0n) is 14.4. The summed E-state index contributed by atoms with van der Waals surface area (Å²) >= 11 is 1.36. The summed E-state index contributed by atoms with van der Waals surface area (Å²) in [5.41, 5.74) is 2.12. The molecule has 2 N–H and O–H groups in total. The van der Waals surface area contributed by atoms with Gasteiger partial charge in [-0.3, -0.25) is 4.79 Å². The van der Waals surface area contributed by atoms with E-state index in [9.17, 15) is 13.2 Å². The summed E-state index contributed by atoms with van der Waals surface area (Å²) in [6, 6.07) is 11.5. The van der Waals surface area contributed by atoms with Crippen LogP contribution in [-0.2, 0) is 16.4 Å². The topological polar surface area (TPSA) is 82.3 Å². The monoisotopic (exact) mass is 391 g/mol. The normalized spacial score (nSPS) is 11.9. The molecule has 138 valence electrons. The van der Waals surface area contributed by atoms with Crippen LogP contribution < -0.4 is 5.32 Å². The van der Waals surface area contributed by atoms with E-state index in [2.05, 4.69) is 10.3 Å². The molecule has 0 aliphatic heterocycles. The maximum Gasteiger partial charge on any atom is 0.261 e. The highest BCUT2D eigenvalue weighted by molar-refractivity contribution is 7.88. The molecule has 8 heteroatoms. The van der Waals surface area contributed by atoms with Crippen molar-refractivity contribution in [2.24, 2.45) is 0 Å². The minimum absolute atomic E-state index is 0.176. The van der Waals surface area contributed by atoms with Crippen molar-refractivity contribution in [2.75, 3.05) is 25.9 Å². The smallest absolute Gasteiger partial charge is 0.261 e. The van der Waals surface area contributed by atoms with Gasteiger partial charge in [0.1, 0.15) is 0 Å². The number of hydrogen-bond acceptors (Lipinski definition) is 4. The summed E-state index contributed by atoms with van der Waals surface area (Å²) in [7, 11) is -3.35. The first-order valence-corrected chi connectivity index (χ1v) is 11.0. The predicted molar refractivity (Wildman–Crippen MR) is 105 cm³/mol. The van der Waals surface area contributed by atoms with Crippen molar-refractivity contribution in [1.82, 2.24) is 14.6 Å². The van der Waals surface area contributed by atoms with Crippen molar-refractivity contribution in [1.29, 1.82) is 0 Å². The van der Waals surface area contributed by atoms with E-state index >= 15 is 0 Å². The van der Waals surface area contributed by atoms with Crippen LogP contribution in [0.15, 0.2) is 48.0 Å². The fraction of sp³-hybridized carbons (Fsp3) is 0.278. The summed E-state index contributed by atoms with van der Waals surface area (Å²) in [6.45, 7) is 0.894. The summed E-state index contributed by atoms with van der Waals surface area (Å²) in [4.78, 5) is 15.8. The molecule has 0 aliphatic rings. The number of aromatic nitrogens is 1. The Kier molecular flexibility index (Phi) is 5.75. The lowest BCUT2D eigenvalue weighted by Crippen LogP contribution is -2.39. The highest BCUT2D eigenvalue weighted by Gasteiger charge is 2.17. The second-order valence-corrected chi connectivity index (χ2v) is 8.93. The highest BCUT2D eigenvalue weighted by Crippen LogP contribution is 2.18. The molecule has 1 amide bonds. The number of thiophene rings is 1. The standard InChI is InChI=1S/C18H21N3O3S2/c1-26(23,24)21(11-9-19-18(22)17-7-4-12-25-17)10-8-14-13-20-16-6-3-2-5-15(14)16/h2-7,12-13,20H,8-11H2,1H3,(H,19,22). The lowest BCUT2D eigenvalue weighted by Gasteiger charge is -2.20. The van der Waals surface area contributed by atoms with Gasteiger partial charge in [-0.15, -0.1) is 11.3 Å². The molecule has 0 unspecified atom stereocenters. The number of nitrogens with zero attached hydrogens (tertiary/aromatic N) is 1. The molecule has 0 saturated carbocycles. The summed E-state index contributed by atoms with van der Waals surface area (Å²) in [5.74, 6) is -0.176. The van der Waals surface area contributed by atoms with Crippen molar-refractivity contribution < 1.29 is 13.2 Å². The van der Waals surface area contributed by atoms with E-state index in [0.717, 1.165) is 16.5 Å². The van der Waals surface area contributed by atoms with E-state index < -0.39 is 10.0 Å². The molecule has 6 nitrogen and oxygen atoms in total. The molecule has 0 radical (unpaired) electrons. The zero-order valence-corrected chi connectivity index (χ0v) is 16.1. The number of para-hydroxylation sites is 1. The third-order valence-electron chi connectivity index (χ3n) is 4.17. The van der Waals surface area contributed by atoms with Gasteiger partial charge in [0.15, 0.2) is 0 Å². The number of hydrogen-bond donors (Lipinski definition) is 2. The van der Waals surface area contributed by atoms with Crippen LogP contribution in [0.1, 0.15) is 15.2 Å². The molecule has 0 bridgehead atoms. The zero-order chi connectivity index (χ0) is 18.6. The second-order valence-electron chi connectivity index (χ2n) is 6.00. The molecule has 3 aromatic rings. The van der Waals surface area contributed by atoms with Gasteiger partial charge >= 0.3 is 0 Å². The van der Waals surface area contributed by atoms with Crippen LogP contribution in [0.2, 0.25) is 0 Å². The molecule has 1 aromatic carbocycles. The minimum Gasteiger partial charge on any atom is -0.361 e. The largest absolute Gasteiger partial charge is 0.361 e. The molecule has 0 atom stereocenters. The number of sulfonamides is 1. The Morgan fingerprint density at radius 3 is 2.73 bits per heavy atom. The van der Waals surface area contributed by atoms with Crippen molar-refractivity contribution in [2.45, 2.75) is 6.42 Å². The fourth-order valence-corrected chi connectivity index (χ4v) is 4.30. The first kappa shape index (κ1) is 18.6. The van der Waals surface area contributed by atoms with E-state index in [1.165, 1.54) is 21.9 Å². The Hall–Kier alpha value is -2.16. The van der Waals surface area contributed by atoms with Gasteiger partial charge in [-0.25, -0.2) is 12.7 Å². The van der Waals surface area contributed by atoms with Crippen molar-refractivity contribution in [3.05, 3.63) is 58.4 Å². The van der Waals surface area contributed by atoms with Crippen molar-refractivity contribution in [3.8, 4) is 0 Å². The molecular weight excluding hydrogens is 370 g/mol. The van der Waals surface area contributed by atoms with Crippen molar-refractivity contribution >= 4 is 38.2 Å². The van der Waals surface area contributed by atoms with Crippen LogP contribution in [0, 0.1) is 0 Å². The number of nitrogens with one attached hydrogen (secondary N) is 2. The van der Waals surface area contributed by atoms with Crippen LogP contribution in [0.25, 0.3) is 10.9 Å². The fourth-order valence-electron chi connectivity index (χ4n) is 2.82. The van der Waals surface area contributed by atoms with Crippen molar-refractivity contribution in [3.63, 3.8) is 0 Å². The molecule has 0 saturated heterocycles. The van der Waals surface area contributed by atoms with Gasteiger partial charge in [0.05, 0.1) is 11.1 Å². The highest BCUT2D eigenvalue weighted by atomic mass is 32.2. The Bertz CT molecular complexity index is 978. The molecule has 26 heavy (non-hydrogen) atoms. The minimum atomic E-state index is -3.35. The van der Waals surface area contributed by atoms with Crippen LogP contribution in [-0.4, -0.2) is 49.5 Å². The SMILES string of the molecule is CS(=O)(=O)N(CCNC(=O)c1cccs1)CCc1c[nH]c2ccccc12. The lowest BCUT2D eigenvalue weighted by atomic mass is 10.1. The van der Waals surface area contributed by atoms with Gasteiger partial charge in [-0.2, -0.15) is 0 Å². The average Bonchev–Trinajstić information content (AvgIpc) is 3.26. The molecule has 0 fully saturated rings. The molecule has 0 spiro atoms. The number of benzene rings is 1. The number of fused-ring (bicyclic) bond motifs is 1. The summed E-state index contributed by atoms with van der Waals surface area (Å²) in [5, 5.41) is 5.71. The summed E-state index contributed by atoms with van der Waals surface area (Å²) < 4.78 is 25.5. The molecule has 2 heterocycles. The third kappa shape index (κ3) is 4.51. The van der Waals surface area contributed by atoms with Crippen LogP contribution >= 0.6 is 11.3 Å². The van der Waals surface area contributed by atoms with Crippen LogP contribution in [0.4, 0.5) is 0 Å². The Balaban J connectivity index is 1.59. The Morgan fingerprint density at radius 2 is 2.00 bits per heavy atom. The molecule has 3 rings (SSSR count). The maximum atomic E-state index is 12.1. The van der Waals surface area contributed by atoms with Gasteiger partial charge in [0, 0.05) is 36.7 Å². The van der Waals surface area contributed by atoms with E-state index in [1.807, 2.05) is 41.9 Å². The van der Waals surface area contributed by atoms with E-state index in [4.69, 9.17) is 0 Å². The number of rotatable bonds is 8. The number of carbonyl (C=O) groups excluding carboxylic acids is 1. The Morgan fingerprint density at radius 1 is 1.19 bits per heavy atom. The first-order valence-electron chi connectivity index (χ1n) is 8.27. The van der Waals surface area contributed by atoms with Gasteiger partial charge in [-0.05, 0) is 29.5 Å². The number of amides is 1. The Labute approximate surface area is 156 Å². The molecular formula is C18H21N3O3S2. The third-order valence-corrected chi connectivity index (χ3v) is 6.34. The van der Waals surface area contributed by atoms with Gasteiger partial charge in [0.2, 0.25) is 10.0 Å². The second kappa shape index (κ2) is 8.03. The maximum absolute atomic E-state index is 12.1. The van der Waals surface area contributed by atoms with Gasteiger partial charge in [0.25, 0.3) is 5.91 Å². The van der Waals surface area contributed by atoms with E-state index in [0.29, 0.717) is 17.8 Å². The predicted octanol–water partition coefficient (Wildman–Crippen LogP) is 2.46. The quantitative estimate of drug-likeness (QED) is 0.619.